The zero-order valence-corrected chi connectivity index (χ0v) is 11.7. The summed E-state index contributed by atoms with van der Waals surface area (Å²) in [5.41, 5.74) is -0.946. The molecule has 0 aliphatic heterocycles. The summed E-state index contributed by atoms with van der Waals surface area (Å²) < 4.78 is 13.4. The number of hydrogen-bond acceptors (Lipinski definition) is 3. The Morgan fingerprint density at radius 1 is 1.55 bits per heavy atom. The molecule has 1 aromatic rings. The van der Waals surface area contributed by atoms with E-state index in [1.54, 1.807) is 0 Å². The van der Waals surface area contributed by atoms with Gasteiger partial charge in [-0.05, 0) is 43.7 Å². The number of nitrogens with one attached hydrogen (secondary N) is 1. The molecule has 0 saturated heterocycles. The first kappa shape index (κ1) is 14.9. The molecule has 110 valence electrons. The molecule has 1 fully saturated rings. The van der Waals surface area contributed by atoms with Gasteiger partial charge in [0.25, 0.3) is 5.91 Å². The summed E-state index contributed by atoms with van der Waals surface area (Å²) in [5, 5.41) is 13.0. The minimum absolute atomic E-state index is 0.0849. The largest absolute Gasteiger partial charge is 0.388 e. The third-order valence-electron chi connectivity index (χ3n) is 4.19. The van der Waals surface area contributed by atoms with E-state index < -0.39 is 17.5 Å². The molecule has 5 heteroatoms. The minimum Gasteiger partial charge on any atom is -0.388 e. The van der Waals surface area contributed by atoms with Gasteiger partial charge in [0.2, 0.25) is 5.95 Å². The second-order valence-electron chi connectivity index (χ2n) is 5.60. The van der Waals surface area contributed by atoms with Gasteiger partial charge in [-0.25, -0.2) is 4.98 Å². The number of pyridine rings is 1. The Balaban J connectivity index is 1.89. The molecule has 0 spiro atoms. The van der Waals surface area contributed by atoms with Gasteiger partial charge < -0.3 is 10.4 Å². The monoisotopic (exact) mass is 280 g/mol. The van der Waals surface area contributed by atoms with Gasteiger partial charge in [-0.3, -0.25) is 4.79 Å². The normalized spacial score (nSPS) is 26.2. The first-order chi connectivity index (χ1) is 9.54. The van der Waals surface area contributed by atoms with Crippen LogP contribution in [0.15, 0.2) is 18.3 Å². The van der Waals surface area contributed by atoms with Crippen LogP contribution in [-0.4, -0.2) is 28.1 Å². The van der Waals surface area contributed by atoms with Crippen molar-refractivity contribution in [1.29, 1.82) is 0 Å². The molecule has 0 atom stereocenters. The van der Waals surface area contributed by atoms with Gasteiger partial charge in [0.1, 0.15) is 0 Å². The molecule has 4 nitrogen and oxygen atoms in total. The van der Waals surface area contributed by atoms with Crippen LogP contribution in [0, 0.1) is 11.9 Å². The molecule has 0 unspecified atom stereocenters. The summed E-state index contributed by atoms with van der Waals surface area (Å²) in [7, 11) is 0. The van der Waals surface area contributed by atoms with E-state index in [-0.39, 0.29) is 12.1 Å². The number of hydrogen-bond donors (Lipinski definition) is 2. The molecule has 1 saturated carbocycles. The van der Waals surface area contributed by atoms with Crippen molar-refractivity contribution >= 4 is 5.91 Å². The van der Waals surface area contributed by atoms with Crippen molar-refractivity contribution in [3.05, 3.63) is 29.8 Å². The second-order valence-corrected chi connectivity index (χ2v) is 5.60. The molecule has 2 N–H and O–H groups in total. The van der Waals surface area contributed by atoms with Crippen molar-refractivity contribution in [1.82, 2.24) is 10.3 Å². The van der Waals surface area contributed by atoms with Crippen molar-refractivity contribution in [2.24, 2.45) is 5.92 Å². The zero-order chi connectivity index (χ0) is 14.6. The molecule has 1 heterocycles. The van der Waals surface area contributed by atoms with Crippen LogP contribution in [0.4, 0.5) is 4.39 Å². The first-order valence-corrected chi connectivity index (χ1v) is 7.15. The minimum atomic E-state index is -0.861. The van der Waals surface area contributed by atoms with Crippen molar-refractivity contribution < 1.29 is 14.3 Å². The van der Waals surface area contributed by atoms with Crippen LogP contribution in [0.3, 0.4) is 0 Å². The summed E-state index contributed by atoms with van der Waals surface area (Å²) in [6, 6.07) is 2.90. The highest BCUT2D eigenvalue weighted by Crippen LogP contribution is 2.33. The second kappa shape index (κ2) is 6.31. The van der Waals surface area contributed by atoms with E-state index in [9.17, 15) is 14.3 Å². The van der Waals surface area contributed by atoms with Crippen molar-refractivity contribution in [2.45, 2.75) is 44.6 Å². The molecule has 1 aliphatic carbocycles. The standard InChI is InChI=1S/C15H21FN2O2/c1-2-11-5-7-15(20,8-6-11)10-18-14(19)12-4-3-9-17-13(12)16/h3-4,9,11,20H,2,5-8,10H2,1H3,(H,18,19). The molecule has 0 radical (unpaired) electrons. The maximum atomic E-state index is 13.4. The van der Waals surface area contributed by atoms with Crippen molar-refractivity contribution in [2.75, 3.05) is 6.54 Å². The van der Waals surface area contributed by atoms with Crippen molar-refractivity contribution in [3.8, 4) is 0 Å². The van der Waals surface area contributed by atoms with Gasteiger partial charge in [0.05, 0.1) is 11.2 Å². The van der Waals surface area contributed by atoms with E-state index in [1.807, 2.05) is 0 Å². The molecule has 1 aromatic heterocycles. The average Bonchev–Trinajstić information content (AvgIpc) is 2.46. The van der Waals surface area contributed by atoms with E-state index in [2.05, 4.69) is 17.2 Å². The van der Waals surface area contributed by atoms with Crippen LogP contribution in [0.5, 0.6) is 0 Å². The maximum Gasteiger partial charge on any atom is 0.256 e. The number of halogens is 1. The van der Waals surface area contributed by atoms with Crippen LogP contribution in [0.1, 0.15) is 49.4 Å². The number of carbonyl (C=O) groups excluding carboxylic acids is 1. The predicted molar refractivity (Wildman–Crippen MR) is 73.7 cm³/mol. The maximum absolute atomic E-state index is 13.4. The highest BCUT2D eigenvalue weighted by Gasteiger charge is 2.33. The number of nitrogens with zero attached hydrogens (tertiary/aromatic N) is 1. The molecule has 2 rings (SSSR count). The van der Waals surface area contributed by atoms with Crippen LogP contribution in [0.2, 0.25) is 0 Å². The number of rotatable bonds is 4. The van der Waals surface area contributed by atoms with Crippen LogP contribution in [0.25, 0.3) is 0 Å². The van der Waals surface area contributed by atoms with Gasteiger partial charge in [-0.2, -0.15) is 4.39 Å². The number of aromatic nitrogens is 1. The number of aliphatic hydroxyl groups is 1. The molecule has 20 heavy (non-hydrogen) atoms. The Labute approximate surface area is 118 Å². The van der Waals surface area contributed by atoms with Crippen molar-refractivity contribution in [3.63, 3.8) is 0 Å². The van der Waals surface area contributed by atoms with E-state index >= 15 is 0 Å². The molecular formula is C15H21FN2O2. The fraction of sp³-hybridized carbons (Fsp3) is 0.600. The fourth-order valence-corrected chi connectivity index (χ4v) is 2.70. The highest BCUT2D eigenvalue weighted by atomic mass is 19.1. The third-order valence-corrected chi connectivity index (χ3v) is 4.19. The molecule has 0 aromatic carbocycles. The SMILES string of the molecule is CCC1CCC(O)(CNC(=O)c2cccnc2F)CC1. The van der Waals surface area contributed by atoms with Gasteiger partial charge in [0.15, 0.2) is 0 Å². The van der Waals surface area contributed by atoms with Crippen LogP contribution < -0.4 is 5.32 Å². The summed E-state index contributed by atoms with van der Waals surface area (Å²) in [4.78, 5) is 15.3. The van der Waals surface area contributed by atoms with E-state index in [0.717, 1.165) is 19.3 Å². The molecule has 0 bridgehead atoms. The van der Waals surface area contributed by atoms with Gasteiger partial charge in [-0.15, -0.1) is 0 Å². The first-order valence-electron chi connectivity index (χ1n) is 7.15. The van der Waals surface area contributed by atoms with Crippen LogP contribution in [-0.2, 0) is 0 Å². The summed E-state index contributed by atoms with van der Waals surface area (Å²) in [6.45, 7) is 2.32. The van der Waals surface area contributed by atoms with Gasteiger partial charge >= 0.3 is 0 Å². The summed E-state index contributed by atoms with van der Waals surface area (Å²) in [6.07, 6.45) is 5.74. The Morgan fingerprint density at radius 2 is 2.25 bits per heavy atom. The Hall–Kier alpha value is -1.49. The number of amides is 1. The Bertz CT molecular complexity index is 471. The number of carbonyl (C=O) groups is 1. The molecule has 1 amide bonds. The topological polar surface area (TPSA) is 62.2 Å². The Kier molecular flexibility index (Phi) is 4.70. The highest BCUT2D eigenvalue weighted by molar-refractivity contribution is 5.94. The lowest BCUT2D eigenvalue weighted by Gasteiger charge is -2.35. The van der Waals surface area contributed by atoms with E-state index in [4.69, 9.17) is 0 Å². The third kappa shape index (κ3) is 3.54. The molecular weight excluding hydrogens is 259 g/mol. The van der Waals surface area contributed by atoms with E-state index in [1.165, 1.54) is 18.3 Å². The molecule has 1 aliphatic rings. The quantitative estimate of drug-likeness (QED) is 0.832. The van der Waals surface area contributed by atoms with Gasteiger partial charge in [0, 0.05) is 12.7 Å². The Morgan fingerprint density at radius 3 is 2.85 bits per heavy atom. The lowest BCUT2D eigenvalue weighted by molar-refractivity contribution is -0.00790. The lowest BCUT2D eigenvalue weighted by atomic mass is 9.78. The lowest BCUT2D eigenvalue weighted by Crippen LogP contribution is -2.45. The predicted octanol–water partition coefficient (Wildman–Crippen LogP) is 2.28. The smallest absolute Gasteiger partial charge is 0.256 e. The summed E-state index contributed by atoms with van der Waals surface area (Å²) >= 11 is 0. The summed E-state index contributed by atoms with van der Waals surface area (Å²) in [5.74, 6) is -0.643. The zero-order valence-electron chi connectivity index (χ0n) is 11.7. The van der Waals surface area contributed by atoms with Crippen LogP contribution >= 0.6 is 0 Å². The van der Waals surface area contributed by atoms with E-state index in [0.29, 0.717) is 18.8 Å². The van der Waals surface area contributed by atoms with Gasteiger partial charge in [-0.1, -0.05) is 13.3 Å². The average molecular weight is 280 g/mol. The fourth-order valence-electron chi connectivity index (χ4n) is 2.70.